The van der Waals surface area contributed by atoms with Crippen molar-refractivity contribution in [2.45, 2.75) is 12.1 Å². The van der Waals surface area contributed by atoms with E-state index >= 15 is 0 Å². The van der Waals surface area contributed by atoms with E-state index in [0.29, 0.717) is 30.7 Å². The van der Waals surface area contributed by atoms with E-state index in [0.717, 1.165) is 17.8 Å². The van der Waals surface area contributed by atoms with Crippen LogP contribution in [0.5, 0.6) is 0 Å². The van der Waals surface area contributed by atoms with E-state index in [2.05, 4.69) is 35.5 Å². The molecule has 14 heteroatoms. The van der Waals surface area contributed by atoms with Gasteiger partial charge in [-0.3, -0.25) is 19.3 Å². The third-order valence-corrected chi connectivity index (χ3v) is 8.46. The van der Waals surface area contributed by atoms with Gasteiger partial charge in [0.2, 0.25) is 11.7 Å². The number of anilines is 1. The second-order valence-corrected chi connectivity index (χ2v) is 11.0. The molecule has 1 fully saturated rings. The Labute approximate surface area is 243 Å². The third kappa shape index (κ3) is 5.05. The van der Waals surface area contributed by atoms with Gasteiger partial charge >= 0.3 is 0 Å². The van der Waals surface area contributed by atoms with Crippen molar-refractivity contribution in [1.82, 2.24) is 34.8 Å². The zero-order valence-electron chi connectivity index (χ0n) is 21.9. The number of aromatic nitrogens is 3. The van der Waals surface area contributed by atoms with Crippen molar-refractivity contribution in [2.24, 2.45) is 0 Å². The molecule has 1 saturated heterocycles. The lowest BCUT2D eigenvalue weighted by molar-refractivity contribution is -0.126. The third-order valence-electron chi connectivity index (χ3n) is 7.29. The Bertz CT molecular complexity index is 1670. The number of fused-ring (bicyclic) bond motifs is 2. The average Bonchev–Trinajstić information content (AvgIpc) is 3.58. The summed E-state index contributed by atoms with van der Waals surface area (Å²) in [6.45, 7) is 3.25. The van der Waals surface area contributed by atoms with E-state index in [1.807, 2.05) is 18.2 Å². The first-order chi connectivity index (χ1) is 19.9. The van der Waals surface area contributed by atoms with Gasteiger partial charge in [0, 0.05) is 55.7 Å². The van der Waals surface area contributed by atoms with E-state index in [1.54, 1.807) is 10.6 Å². The first-order valence-corrected chi connectivity index (χ1v) is 14.2. The monoisotopic (exact) mass is 596 g/mol. The minimum atomic E-state index is -1.00. The first kappa shape index (κ1) is 27.3. The largest absolute Gasteiger partial charge is 0.352 e. The number of carbonyl (C=O) groups is 3. The number of halogens is 2. The molecule has 2 aliphatic rings. The summed E-state index contributed by atoms with van der Waals surface area (Å²) in [5.41, 5.74) is 0.773. The van der Waals surface area contributed by atoms with Gasteiger partial charge in [0.05, 0.1) is 16.4 Å². The number of hydrogen-bond acceptors (Lipinski definition) is 8. The summed E-state index contributed by atoms with van der Waals surface area (Å²) in [6, 6.07) is 9.32. The SMILES string of the molecule is CNC(=O)c1nc(NC(=O)c2nsc3ccccc23)c2n1C(CN1CCNCC1)C(=O)N[C@H]2c1cc(F)ccc1Cl. The van der Waals surface area contributed by atoms with Crippen molar-refractivity contribution in [1.29, 1.82) is 0 Å². The van der Waals surface area contributed by atoms with Crippen LogP contribution in [-0.4, -0.2) is 76.3 Å². The molecular weight excluding hydrogens is 571 g/mol. The zero-order valence-corrected chi connectivity index (χ0v) is 23.5. The van der Waals surface area contributed by atoms with Crippen molar-refractivity contribution < 1.29 is 18.8 Å². The van der Waals surface area contributed by atoms with E-state index in [1.165, 1.54) is 36.8 Å². The molecule has 2 aromatic heterocycles. The molecule has 2 aliphatic heterocycles. The standard InChI is InChI=1S/C27H26ClFN8O3S/c1-30-27(40)24-33-23(34-26(39)21-15-4-2-3-5-19(15)41-35-21)22-20(16-12-14(29)6-7-17(16)28)32-25(38)18(37(22)24)13-36-10-8-31-9-11-36/h2-7,12,18,20,31H,8-11,13H2,1H3,(H,30,40)(H,32,38)(H,34,39)/t18?,20-/m0/s1. The normalized spacial score (nSPS) is 19.0. The molecule has 2 atom stereocenters. The van der Waals surface area contributed by atoms with E-state index in [9.17, 15) is 18.8 Å². The van der Waals surface area contributed by atoms with Crippen LogP contribution in [0, 0.1) is 5.82 Å². The lowest BCUT2D eigenvalue weighted by Gasteiger charge is -2.37. The Morgan fingerprint density at radius 3 is 2.73 bits per heavy atom. The fourth-order valence-electron chi connectivity index (χ4n) is 5.30. The fraction of sp³-hybridized carbons (Fsp3) is 0.296. The molecule has 0 saturated carbocycles. The fourth-order valence-corrected chi connectivity index (χ4v) is 6.30. The van der Waals surface area contributed by atoms with E-state index < -0.39 is 29.7 Å². The molecule has 3 amide bonds. The smallest absolute Gasteiger partial charge is 0.287 e. The quantitative estimate of drug-likeness (QED) is 0.269. The summed E-state index contributed by atoms with van der Waals surface area (Å²) in [6.07, 6.45) is 0. The maximum absolute atomic E-state index is 14.4. The van der Waals surface area contributed by atoms with E-state index in [4.69, 9.17) is 11.6 Å². The molecule has 41 heavy (non-hydrogen) atoms. The number of piperazine rings is 1. The van der Waals surface area contributed by atoms with Gasteiger partial charge in [-0.05, 0) is 35.8 Å². The second-order valence-electron chi connectivity index (χ2n) is 9.77. The van der Waals surface area contributed by atoms with Crippen LogP contribution < -0.4 is 21.3 Å². The van der Waals surface area contributed by atoms with Crippen LogP contribution >= 0.6 is 23.1 Å². The van der Waals surface area contributed by atoms with Crippen molar-refractivity contribution in [2.75, 3.05) is 45.1 Å². The molecule has 0 radical (unpaired) electrons. The molecule has 6 rings (SSSR count). The Balaban J connectivity index is 1.50. The van der Waals surface area contributed by atoms with Gasteiger partial charge in [-0.2, -0.15) is 4.37 Å². The maximum atomic E-state index is 14.4. The van der Waals surface area contributed by atoms with Crippen molar-refractivity contribution in [3.8, 4) is 0 Å². The van der Waals surface area contributed by atoms with Gasteiger partial charge in [-0.1, -0.05) is 29.8 Å². The highest BCUT2D eigenvalue weighted by molar-refractivity contribution is 7.13. The number of amides is 3. The minimum Gasteiger partial charge on any atom is -0.352 e. The van der Waals surface area contributed by atoms with Crippen LogP contribution in [0.25, 0.3) is 10.1 Å². The molecule has 0 bridgehead atoms. The second kappa shape index (κ2) is 11.2. The van der Waals surface area contributed by atoms with Crippen LogP contribution in [0.1, 0.15) is 44.4 Å². The molecule has 11 nitrogen and oxygen atoms in total. The molecule has 0 spiro atoms. The number of benzene rings is 2. The zero-order chi connectivity index (χ0) is 28.7. The van der Waals surface area contributed by atoms with Crippen molar-refractivity contribution >= 4 is 56.8 Å². The van der Waals surface area contributed by atoms with Gasteiger partial charge < -0.3 is 25.8 Å². The van der Waals surface area contributed by atoms with Crippen LogP contribution in [0.2, 0.25) is 5.02 Å². The summed E-state index contributed by atoms with van der Waals surface area (Å²) < 4.78 is 21.2. The van der Waals surface area contributed by atoms with Gasteiger partial charge in [-0.15, -0.1) is 0 Å². The highest BCUT2D eigenvalue weighted by Crippen LogP contribution is 2.39. The summed E-state index contributed by atoms with van der Waals surface area (Å²) >= 11 is 7.69. The van der Waals surface area contributed by atoms with Gasteiger partial charge in [0.15, 0.2) is 5.82 Å². The molecule has 4 heterocycles. The minimum absolute atomic E-state index is 0.0429. The number of hydrogen-bond donors (Lipinski definition) is 4. The first-order valence-electron chi connectivity index (χ1n) is 13.0. The van der Waals surface area contributed by atoms with E-state index in [-0.39, 0.29) is 33.8 Å². The molecule has 4 N–H and O–H groups in total. The van der Waals surface area contributed by atoms with Gasteiger partial charge in [-0.25, -0.2) is 9.37 Å². The van der Waals surface area contributed by atoms with Crippen LogP contribution in [-0.2, 0) is 4.79 Å². The van der Waals surface area contributed by atoms with Crippen LogP contribution in [0.3, 0.4) is 0 Å². The molecular formula is C27H26ClFN8O3S. The Hall–Kier alpha value is -3.91. The summed E-state index contributed by atoms with van der Waals surface area (Å²) in [5.74, 6) is -2.04. The summed E-state index contributed by atoms with van der Waals surface area (Å²) in [4.78, 5) is 47.0. The molecule has 2 aromatic carbocycles. The number of imidazole rings is 1. The Morgan fingerprint density at radius 2 is 1.95 bits per heavy atom. The van der Waals surface area contributed by atoms with Gasteiger partial charge in [0.1, 0.15) is 17.6 Å². The molecule has 0 aliphatic carbocycles. The van der Waals surface area contributed by atoms with Crippen LogP contribution in [0.4, 0.5) is 10.2 Å². The van der Waals surface area contributed by atoms with Crippen molar-refractivity contribution in [3.63, 3.8) is 0 Å². The van der Waals surface area contributed by atoms with Crippen molar-refractivity contribution in [3.05, 3.63) is 76.1 Å². The Morgan fingerprint density at radius 1 is 1.17 bits per heavy atom. The summed E-state index contributed by atoms with van der Waals surface area (Å²) in [7, 11) is 1.46. The predicted octanol–water partition coefficient (Wildman–Crippen LogP) is 2.56. The Kier molecular flexibility index (Phi) is 7.43. The molecule has 1 unspecified atom stereocenters. The lowest BCUT2D eigenvalue weighted by Crippen LogP contribution is -2.51. The highest BCUT2D eigenvalue weighted by atomic mass is 35.5. The van der Waals surface area contributed by atoms with Gasteiger partial charge in [0.25, 0.3) is 11.8 Å². The molecule has 212 valence electrons. The van der Waals surface area contributed by atoms with Crippen LogP contribution in [0.15, 0.2) is 42.5 Å². The number of nitrogens with one attached hydrogen (secondary N) is 4. The summed E-state index contributed by atoms with van der Waals surface area (Å²) in [5, 5.41) is 12.5. The predicted molar refractivity (Wildman–Crippen MR) is 153 cm³/mol. The number of rotatable bonds is 6. The number of nitrogens with zero attached hydrogens (tertiary/aromatic N) is 4. The molecule has 4 aromatic rings. The topological polar surface area (TPSA) is 133 Å². The lowest BCUT2D eigenvalue weighted by atomic mass is 9.98. The average molecular weight is 597 g/mol. The maximum Gasteiger partial charge on any atom is 0.287 e. The highest BCUT2D eigenvalue weighted by Gasteiger charge is 2.42. The number of carbonyl (C=O) groups excluding carboxylic acids is 3.